The third kappa shape index (κ3) is 3.77. The molecule has 3 rings (SSSR count). The van der Waals surface area contributed by atoms with Crippen molar-refractivity contribution < 1.29 is 9.53 Å². The standard InChI is InChI=1S/C17H12IN5O2/c1-25-17(24)14(8-19)22-21-13-5-2-11(3-6-13)15-10-23-9-12(18)4-7-16(23)20-15/h2-7,9-10,21H,1H3. The molecule has 0 aliphatic rings. The number of fused-ring (bicyclic) bond motifs is 1. The first-order valence-electron chi connectivity index (χ1n) is 7.17. The van der Waals surface area contributed by atoms with Crippen molar-refractivity contribution >= 4 is 45.6 Å². The number of carbonyl (C=O) groups excluding carboxylic acids is 1. The number of hydrazone groups is 1. The first-order chi connectivity index (χ1) is 12.1. The summed E-state index contributed by atoms with van der Waals surface area (Å²) in [4.78, 5) is 15.9. The molecule has 25 heavy (non-hydrogen) atoms. The molecular formula is C17H12IN5O2. The van der Waals surface area contributed by atoms with E-state index in [-0.39, 0.29) is 5.71 Å². The Bertz CT molecular complexity index is 1000. The lowest BCUT2D eigenvalue weighted by atomic mass is 10.1. The Morgan fingerprint density at radius 2 is 2.04 bits per heavy atom. The van der Waals surface area contributed by atoms with Crippen molar-refractivity contribution in [2.24, 2.45) is 5.10 Å². The van der Waals surface area contributed by atoms with Crippen LogP contribution < -0.4 is 5.43 Å². The molecule has 124 valence electrons. The van der Waals surface area contributed by atoms with Gasteiger partial charge in [0.1, 0.15) is 11.7 Å². The van der Waals surface area contributed by atoms with Crippen LogP contribution in [0.4, 0.5) is 5.69 Å². The Hall–Kier alpha value is -2.93. The van der Waals surface area contributed by atoms with Gasteiger partial charge in [-0.2, -0.15) is 10.4 Å². The van der Waals surface area contributed by atoms with Crippen LogP contribution in [0.25, 0.3) is 16.9 Å². The predicted octanol–water partition coefficient (Wildman–Crippen LogP) is 3.07. The summed E-state index contributed by atoms with van der Waals surface area (Å²) in [5.74, 6) is -0.786. The quantitative estimate of drug-likeness (QED) is 0.289. The third-order valence-corrected chi connectivity index (χ3v) is 4.02. The smallest absolute Gasteiger partial charge is 0.369 e. The molecule has 0 unspecified atom stereocenters. The third-order valence-electron chi connectivity index (χ3n) is 3.38. The van der Waals surface area contributed by atoms with Crippen molar-refractivity contribution in [3.63, 3.8) is 0 Å². The molecule has 0 aliphatic carbocycles. The van der Waals surface area contributed by atoms with Crippen molar-refractivity contribution in [3.8, 4) is 17.3 Å². The number of hydrogen-bond acceptors (Lipinski definition) is 6. The molecule has 7 nitrogen and oxygen atoms in total. The number of pyridine rings is 1. The summed E-state index contributed by atoms with van der Waals surface area (Å²) < 4.78 is 7.57. The predicted molar refractivity (Wildman–Crippen MR) is 102 cm³/mol. The molecule has 1 aromatic carbocycles. The maximum Gasteiger partial charge on any atom is 0.369 e. The van der Waals surface area contributed by atoms with E-state index in [1.807, 2.05) is 41.1 Å². The highest BCUT2D eigenvalue weighted by Gasteiger charge is 2.10. The lowest BCUT2D eigenvalue weighted by Gasteiger charge is -2.02. The Morgan fingerprint density at radius 3 is 2.72 bits per heavy atom. The van der Waals surface area contributed by atoms with Crippen molar-refractivity contribution in [2.75, 3.05) is 12.5 Å². The van der Waals surface area contributed by atoms with Crippen LogP contribution in [-0.2, 0) is 9.53 Å². The van der Waals surface area contributed by atoms with Gasteiger partial charge in [-0.05, 0) is 46.9 Å². The normalized spacial score (nSPS) is 11.2. The summed E-state index contributed by atoms with van der Waals surface area (Å²) in [6.45, 7) is 0. The van der Waals surface area contributed by atoms with Gasteiger partial charge in [-0.15, -0.1) is 0 Å². The highest BCUT2D eigenvalue weighted by molar-refractivity contribution is 14.1. The van der Waals surface area contributed by atoms with Gasteiger partial charge >= 0.3 is 5.97 Å². The number of anilines is 1. The van der Waals surface area contributed by atoms with Gasteiger partial charge in [0.15, 0.2) is 0 Å². The summed E-state index contributed by atoms with van der Waals surface area (Å²) in [7, 11) is 1.19. The number of carbonyl (C=O) groups is 1. The van der Waals surface area contributed by atoms with E-state index >= 15 is 0 Å². The van der Waals surface area contributed by atoms with Gasteiger partial charge < -0.3 is 9.14 Å². The molecule has 0 bridgehead atoms. The van der Waals surface area contributed by atoms with Gasteiger partial charge in [-0.3, -0.25) is 5.43 Å². The highest BCUT2D eigenvalue weighted by Crippen LogP contribution is 2.22. The summed E-state index contributed by atoms with van der Waals surface area (Å²) in [6.07, 6.45) is 3.97. The number of imidazole rings is 1. The zero-order valence-corrected chi connectivity index (χ0v) is 15.3. The maximum absolute atomic E-state index is 11.3. The number of nitrogens with one attached hydrogen (secondary N) is 1. The Balaban J connectivity index is 1.81. The minimum atomic E-state index is -0.786. The minimum absolute atomic E-state index is 0.346. The van der Waals surface area contributed by atoms with E-state index in [4.69, 9.17) is 5.26 Å². The molecule has 0 radical (unpaired) electrons. The van der Waals surface area contributed by atoms with Crippen molar-refractivity contribution in [2.45, 2.75) is 0 Å². The topological polar surface area (TPSA) is 91.8 Å². The highest BCUT2D eigenvalue weighted by atomic mass is 127. The fourth-order valence-electron chi connectivity index (χ4n) is 2.15. The summed E-state index contributed by atoms with van der Waals surface area (Å²) in [6, 6.07) is 13.0. The summed E-state index contributed by atoms with van der Waals surface area (Å²) >= 11 is 2.26. The number of ether oxygens (including phenoxy) is 1. The number of methoxy groups -OCH3 is 1. The van der Waals surface area contributed by atoms with Gasteiger partial charge in [0.25, 0.3) is 0 Å². The molecular weight excluding hydrogens is 433 g/mol. The average molecular weight is 445 g/mol. The SMILES string of the molecule is COC(=O)C(C#N)=NNc1ccc(-c2cn3cc(I)ccc3n2)cc1. The molecule has 0 aliphatic heterocycles. The van der Waals surface area contributed by atoms with E-state index in [1.54, 1.807) is 18.2 Å². The van der Waals surface area contributed by atoms with Crippen LogP contribution in [0.3, 0.4) is 0 Å². The first-order valence-corrected chi connectivity index (χ1v) is 8.25. The molecule has 2 aromatic heterocycles. The van der Waals surface area contributed by atoms with Crippen LogP contribution in [0.1, 0.15) is 0 Å². The summed E-state index contributed by atoms with van der Waals surface area (Å²) in [5, 5.41) is 12.6. The Labute approximate surface area is 157 Å². The second-order valence-electron chi connectivity index (χ2n) is 4.99. The number of rotatable bonds is 4. The molecule has 8 heteroatoms. The van der Waals surface area contributed by atoms with Gasteiger partial charge in [0.2, 0.25) is 5.71 Å². The molecule has 0 saturated heterocycles. The zero-order valence-electron chi connectivity index (χ0n) is 13.1. The van der Waals surface area contributed by atoms with Gasteiger partial charge in [-0.25, -0.2) is 9.78 Å². The second kappa shape index (κ2) is 7.31. The molecule has 0 amide bonds. The fraction of sp³-hybridized carbons (Fsp3) is 0.0588. The van der Waals surface area contributed by atoms with E-state index in [2.05, 4.69) is 42.8 Å². The van der Waals surface area contributed by atoms with Gasteiger partial charge in [0.05, 0.1) is 18.5 Å². The van der Waals surface area contributed by atoms with Crippen molar-refractivity contribution in [1.29, 1.82) is 5.26 Å². The minimum Gasteiger partial charge on any atom is -0.464 e. The number of hydrogen-bond donors (Lipinski definition) is 1. The molecule has 2 heterocycles. The number of halogens is 1. The number of benzene rings is 1. The van der Waals surface area contributed by atoms with Crippen molar-refractivity contribution in [3.05, 3.63) is 52.4 Å². The van der Waals surface area contributed by atoms with E-state index in [0.29, 0.717) is 5.69 Å². The molecule has 0 spiro atoms. The largest absolute Gasteiger partial charge is 0.464 e. The maximum atomic E-state index is 11.3. The number of esters is 1. The molecule has 0 saturated carbocycles. The number of nitrogens with zero attached hydrogens (tertiary/aromatic N) is 4. The van der Waals surface area contributed by atoms with Crippen LogP contribution in [0.15, 0.2) is 53.9 Å². The molecule has 1 N–H and O–H groups in total. The second-order valence-corrected chi connectivity index (χ2v) is 6.24. The molecule has 0 fully saturated rings. The Morgan fingerprint density at radius 1 is 1.28 bits per heavy atom. The first kappa shape index (κ1) is 16.9. The number of aromatic nitrogens is 2. The van der Waals surface area contributed by atoms with E-state index in [9.17, 15) is 4.79 Å². The van der Waals surface area contributed by atoms with Crippen LogP contribution in [0.2, 0.25) is 0 Å². The number of nitriles is 1. The van der Waals surface area contributed by atoms with E-state index < -0.39 is 5.97 Å². The molecule has 3 aromatic rings. The monoisotopic (exact) mass is 445 g/mol. The molecule has 0 atom stereocenters. The van der Waals surface area contributed by atoms with Crippen LogP contribution in [0.5, 0.6) is 0 Å². The average Bonchev–Trinajstić information content (AvgIpc) is 3.05. The lowest BCUT2D eigenvalue weighted by Crippen LogP contribution is -2.15. The van der Waals surface area contributed by atoms with E-state index in [1.165, 1.54) is 7.11 Å². The zero-order chi connectivity index (χ0) is 17.8. The Kier molecular flexibility index (Phi) is 4.95. The van der Waals surface area contributed by atoms with Gasteiger partial charge in [-0.1, -0.05) is 12.1 Å². The van der Waals surface area contributed by atoms with Gasteiger partial charge in [0, 0.05) is 21.5 Å². The lowest BCUT2D eigenvalue weighted by molar-refractivity contribution is -0.132. The van der Waals surface area contributed by atoms with Crippen LogP contribution in [0, 0.1) is 14.9 Å². The van der Waals surface area contributed by atoms with Crippen LogP contribution >= 0.6 is 22.6 Å². The van der Waals surface area contributed by atoms with E-state index in [0.717, 1.165) is 20.5 Å². The van der Waals surface area contributed by atoms with Crippen molar-refractivity contribution in [1.82, 2.24) is 9.38 Å². The summed E-state index contributed by atoms with van der Waals surface area (Å²) in [5.41, 5.74) is 5.62. The van der Waals surface area contributed by atoms with Crippen LogP contribution in [-0.4, -0.2) is 28.2 Å². The fourth-order valence-corrected chi connectivity index (χ4v) is 2.63.